The SMILES string of the molecule is Pc1cc(P(c2ccccc2)c2ccccc2)c[cH-]1.[Fe+2].c1cc[cH-]c1. The minimum absolute atomic E-state index is 0. The Morgan fingerprint density at radius 3 is 1.56 bits per heavy atom. The normalized spacial score (nSPS) is 9.84. The molecule has 1 unspecified atom stereocenters. The first kappa shape index (κ1) is 19.8. The Bertz CT molecular complexity index is 764. The summed E-state index contributed by atoms with van der Waals surface area (Å²) in [6.07, 6.45) is 0. The number of rotatable bonds is 3. The van der Waals surface area contributed by atoms with Gasteiger partial charge in [-0.2, -0.15) is 41.7 Å². The summed E-state index contributed by atoms with van der Waals surface area (Å²) < 4.78 is 0. The summed E-state index contributed by atoms with van der Waals surface area (Å²) in [4.78, 5) is 0. The number of benzene rings is 2. The minimum Gasteiger partial charge on any atom is -0.214 e. The Labute approximate surface area is 164 Å². The summed E-state index contributed by atoms with van der Waals surface area (Å²) >= 11 is 0. The molecule has 0 radical (unpaired) electrons. The van der Waals surface area contributed by atoms with Gasteiger partial charge < -0.3 is 0 Å². The van der Waals surface area contributed by atoms with Crippen molar-refractivity contribution in [3.05, 3.63) is 109 Å². The van der Waals surface area contributed by atoms with E-state index in [1.165, 1.54) is 21.2 Å². The Morgan fingerprint density at radius 2 is 1.20 bits per heavy atom. The van der Waals surface area contributed by atoms with Crippen molar-refractivity contribution in [1.82, 2.24) is 0 Å². The van der Waals surface area contributed by atoms with E-state index in [1.807, 2.05) is 30.3 Å². The molecule has 0 saturated heterocycles. The van der Waals surface area contributed by atoms with E-state index in [-0.39, 0.29) is 17.1 Å². The van der Waals surface area contributed by atoms with Crippen LogP contribution in [-0.4, -0.2) is 0 Å². The maximum Gasteiger partial charge on any atom is 2.00 e. The third kappa shape index (κ3) is 5.78. The molecule has 0 fully saturated rings. The van der Waals surface area contributed by atoms with Gasteiger partial charge in [-0.25, -0.2) is 12.1 Å². The van der Waals surface area contributed by atoms with Gasteiger partial charge >= 0.3 is 17.1 Å². The smallest absolute Gasteiger partial charge is 0.214 e. The Kier molecular flexibility index (Phi) is 8.33. The zero-order valence-corrected chi connectivity index (χ0v) is 16.9. The summed E-state index contributed by atoms with van der Waals surface area (Å²) in [6, 6.07) is 38.3. The Balaban J connectivity index is 0.000000325. The van der Waals surface area contributed by atoms with Crippen LogP contribution in [-0.2, 0) is 17.1 Å². The molecule has 25 heavy (non-hydrogen) atoms. The van der Waals surface area contributed by atoms with Gasteiger partial charge in [-0.05, 0) is 10.6 Å². The van der Waals surface area contributed by atoms with Crippen LogP contribution < -0.4 is 21.2 Å². The molecular weight excluding hydrogens is 382 g/mol. The van der Waals surface area contributed by atoms with Crippen LogP contribution in [0.2, 0.25) is 0 Å². The van der Waals surface area contributed by atoms with E-state index in [0.717, 1.165) is 0 Å². The van der Waals surface area contributed by atoms with Crippen LogP contribution in [0.1, 0.15) is 0 Å². The van der Waals surface area contributed by atoms with Gasteiger partial charge in [0.2, 0.25) is 0 Å². The number of hydrogen-bond acceptors (Lipinski definition) is 0. The standard InChI is InChI=1S/C17H15P2.C5H5.Fe/c18-14-11-12-17(13-14)19(15-7-3-1-4-8-15)16-9-5-2-6-10-16;1-2-4-5-3-1;/h1-13H,18H2;1-5H;/q2*-1;+2. The Morgan fingerprint density at radius 1 is 0.680 bits per heavy atom. The molecule has 0 aromatic heterocycles. The predicted molar refractivity (Wildman–Crippen MR) is 112 cm³/mol. The molecule has 0 N–H and O–H groups in total. The second kappa shape index (κ2) is 10.5. The van der Waals surface area contributed by atoms with Gasteiger partial charge in [0.25, 0.3) is 0 Å². The summed E-state index contributed by atoms with van der Waals surface area (Å²) in [5.74, 6) is 0. The number of hydrogen-bond donors (Lipinski definition) is 0. The van der Waals surface area contributed by atoms with E-state index in [1.54, 1.807) is 0 Å². The van der Waals surface area contributed by atoms with E-state index in [0.29, 0.717) is 0 Å². The molecular formula is C22H20FeP2. The first-order chi connectivity index (χ1) is 11.8. The molecule has 0 spiro atoms. The maximum atomic E-state index is 2.78. The van der Waals surface area contributed by atoms with Gasteiger partial charge in [0.15, 0.2) is 0 Å². The average Bonchev–Trinajstić information content (AvgIpc) is 3.33. The first-order valence-electron chi connectivity index (χ1n) is 7.94. The summed E-state index contributed by atoms with van der Waals surface area (Å²) in [5.41, 5.74) is 0. The molecule has 4 aromatic rings. The summed E-state index contributed by atoms with van der Waals surface area (Å²) in [5, 5.41) is 5.48. The fraction of sp³-hybridized carbons (Fsp3) is 0. The third-order valence-electron chi connectivity index (χ3n) is 3.60. The average molecular weight is 402 g/mol. The summed E-state index contributed by atoms with van der Waals surface area (Å²) in [6.45, 7) is 0. The van der Waals surface area contributed by atoms with Crippen molar-refractivity contribution in [2.75, 3.05) is 0 Å². The molecule has 0 saturated carbocycles. The van der Waals surface area contributed by atoms with Crippen molar-refractivity contribution >= 4 is 38.4 Å². The molecule has 1 atom stereocenters. The fourth-order valence-electron chi connectivity index (χ4n) is 2.51. The quantitative estimate of drug-likeness (QED) is 0.276. The second-order valence-corrected chi connectivity index (χ2v) is 8.26. The van der Waals surface area contributed by atoms with Crippen molar-refractivity contribution in [3.8, 4) is 0 Å². The molecule has 0 aliphatic heterocycles. The maximum absolute atomic E-state index is 2.78. The van der Waals surface area contributed by atoms with E-state index >= 15 is 0 Å². The monoisotopic (exact) mass is 402 g/mol. The van der Waals surface area contributed by atoms with Crippen LogP contribution in [0, 0.1) is 0 Å². The van der Waals surface area contributed by atoms with Crippen LogP contribution in [0.5, 0.6) is 0 Å². The topological polar surface area (TPSA) is 0 Å². The van der Waals surface area contributed by atoms with E-state index in [2.05, 4.69) is 88.1 Å². The van der Waals surface area contributed by atoms with Crippen molar-refractivity contribution in [1.29, 1.82) is 0 Å². The first-order valence-corrected chi connectivity index (χ1v) is 9.85. The van der Waals surface area contributed by atoms with Gasteiger partial charge in [-0.3, -0.25) is 0 Å². The molecule has 0 aliphatic carbocycles. The van der Waals surface area contributed by atoms with Gasteiger partial charge in [0.1, 0.15) is 0 Å². The van der Waals surface area contributed by atoms with Crippen molar-refractivity contribution in [2.45, 2.75) is 0 Å². The molecule has 4 rings (SSSR count). The molecule has 0 nitrogen and oxygen atoms in total. The van der Waals surface area contributed by atoms with Crippen LogP contribution in [0.4, 0.5) is 0 Å². The van der Waals surface area contributed by atoms with E-state index in [9.17, 15) is 0 Å². The van der Waals surface area contributed by atoms with Crippen LogP contribution in [0.3, 0.4) is 0 Å². The van der Waals surface area contributed by atoms with Crippen LogP contribution in [0.15, 0.2) is 109 Å². The molecule has 0 amide bonds. The largest absolute Gasteiger partial charge is 2.00 e. The molecule has 0 heterocycles. The minimum atomic E-state index is -0.438. The van der Waals surface area contributed by atoms with Gasteiger partial charge in [-0.15, -0.1) is 14.5 Å². The van der Waals surface area contributed by atoms with Crippen molar-refractivity contribution in [2.24, 2.45) is 0 Å². The molecule has 3 heteroatoms. The Hall–Kier alpha value is -1.48. The fourth-order valence-corrected chi connectivity index (χ4v) is 5.26. The van der Waals surface area contributed by atoms with E-state index < -0.39 is 7.92 Å². The zero-order chi connectivity index (χ0) is 16.6. The van der Waals surface area contributed by atoms with Crippen molar-refractivity contribution in [3.63, 3.8) is 0 Å². The predicted octanol–water partition coefficient (Wildman–Crippen LogP) is 4.07. The van der Waals surface area contributed by atoms with Gasteiger partial charge in [0, 0.05) is 0 Å². The second-order valence-electron chi connectivity index (χ2n) is 5.37. The molecule has 0 bridgehead atoms. The molecule has 0 aliphatic rings. The summed E-state index contributed by atoms with van der Waals surface area (Å²) in [7, 11) is 2.34. The van der Waals surface area contributed by atoms with E-state index in [4.69, 9.17) is 0 Å². The zero-order valence-electron chi connectivity index (χ0n) is 13.8. The van der Waals surface area contributed by atoms with Gasteiger partial charge in [-0.1, -0.05) is 68.6 Å². The van der Waals surface area contributed by atoms with Crippen LogP contribution in [0.25, 0.3) is 0 Å². The van der Waals surface area contributed by atoms with Gasteiger partial charge in [0.05, 0.1) is 0 Å². The molecule has 4 aromatic carbocycles. The third-order valence-corrected chi connectivity index (χ3v) is 6.39. The van der Waals surface area contributed by atoms with Crippen LogP contribution >= 0.6 is 17.2 Å². The van der Waals surface area contributed by atoms with Crippen molar-refractivity contribution < 1.29 is 17.1 Å². The molecule has 126 valence electrons.